The van der Waals surface area contributed by atoms with Crippen molar-refractivity contribution in [3.05, 3.63) is 107 Å². The molecule has 3 aliphatic rings. The molecule has 3 fully saturated rings. The van der Waals surface area contributed by atoms with E-state index in [0.717, 1.165) is 81.7 Å². The number of ether oxygens (including phenoxy) is 3. The van der Waals surface area contributed by atoms with Gasteiger partial charge in [0.1, 0.15) is 30.2 Å². The van der Waals surface area contributed by atoms with Crippen molar-refractivity contribution in [2.45, 2.75) is 57.7 Å². The van der Waals surface area contributed by atoms with Crippen LogP contribution in [0.4, 0.5) is 13.2 Å². The summed E-state index contributed by atoms with van der Waals surface area (Å²) < 4.78 is 58.6. The summed E-state index contributed by atoms with van der Waals surface area (Å²) in [4.78, 5) is 0. The molecule has 1 N–H and O–H groups in total. The number of hydrogen-bond donors (Lipinski definition) is 1. The minimum Gasteiger partial charge on any atom is -0.496 e. The Bertz CT molecular complexity index is 2010. The predicted octanol–water partition coefficient (Wildman–Crippen LogP) is 9.71. The van der Waals surface area contributed by atoms with Crippen molar-refractivity contribution in [2.24, 2.45) is 11.8 Å². The van der Waals surface area contributed by atoms with Crippen molar-refractivity contribution < 1.29 is 37.0 Å². The third-order valence-corrected chi connectivity index (χ3v) is 11.5. The number of aliphatic hydroxyl groups excluding tert-OH is 1. The molecule has 5 aromatic rings. The van der Waals surface area contributed by atoms with Gasteiger partial charge >= 0.3 is 6.18 Å². The first-order valence-corrected chi connectivity index (χ1v) is 17.5. The molecule has 5 atom stereocenters. The van der Waals surface area contributed by atoms with E-state index in [4.69, 9.17) is 14.2 Å². The molecule has 0 saturated carbocycles. The van der Waals surface area contributed by atoms with Crippen molar-refractivity contribution in [3.63, 3.8) is 0 Å². The van der Waals surface area contributed by atoms with Gasteiger partial charge in [-0.15, -0.1) is 0 Å². The van der Waals surface area contributed by atoms with Gasteiger partial charge in [-0.2, -0.15) is 13.2 Å². The van der Waals surface area contributed by atoms with Crippen molar-refractivity contribution in [1.82, 2.24) is 0 Å². The van der Waals surface area contributed by atoms with Crippen LogP contribution in [-0.2, 0) is 24.1 Å². The number of halogens is 3. The third-order valence-electron chi connectivity index (χ3n) is 11.5. The zero-order valence-electron chi connectivity index (χ0n) is 29.1. The fraction of sp³-hybridized carbons (Fsp3) is 0.381. The van der Waals surface area contributed by atoms with E-state index in [-0.39, 0.29) is 6.04 Å². The maximum atomic E-state index is 13.4. The van der Waals surface area contributed by atoms with Gasteiger partial charge in [0.25, 0.3) is 0 Å². The maximum absolute atomic E-state index is 13.4. The Morgan fingerprint density at radius 3 is 2.32 bits per heavy atom. The molecule has 50 heavy (non-hydrogen) atoms. The van der Waals surface area contributed by atoms with Gasteiger partial charge in [0.2, 0.25) is 0 Å². The first-order valence-electron chi connectivity index (χ1n) is 17.5. The molecule has 0 spiro atoms. The maximum Gasteiger partial charge on any atom is 0.416 e. The van der Waals surface area contributed by atoms with E-state index >= 15 is 0 Å². The van der Waals surface area contributed by atoms with E-state index < -0.39 is 17.8 Å². The van der Waals surface area contributed by atoms with Crippen LogP contribution < -0.4 is 9.47 Å². The second kappa shape index (κ2) is 13.5. The largest absolute Gasteiger partial charge is 0.496 e. The number of piperidine rings is 3. The van der Waals surface area contributed by atoms with Gasteiger partial charge in [0, 0.05) is 48.1 Å². The number of alkyl halides is 3. The number of rotatable bonds is 10. The Morgan fingerprint density at radius 1 is 0.860 bits per heavy atom. The van der Waals surface area contributed by atoms with Crippen LogP contribution in [0.3, 0.4) is 0 Å². The lowest BCUT2D eigenvalue weighted by molar-refractivity contribution is -0.985. The van der Waals surface area contributed by atoms with Crippen LogP contribution >= 0.6 is 0 Å². The zero-order chi connectivity index (χ0) is 35.2. The van der Waals surface area contributed by atoms with E-state index in [1.807, 2.05) is 30.3 Å². The first kappa shape index (κ1) is 34.3. The second-order valence-electron chi connectivity index (χ2n) is 14.2. The topological polar surface area (TPSA) is 47.9 Å². The van der Waals surface area contributed by atoms with Crippen molar-refractivity contribution in [1.29, 1.82) is 0 Å². The van der Waals surface area contributed by atoms with E-state index in [2.05, 4.69) is 37.3 Å². The van der Waals surface area contributed by atoms with Crippen molar-refractivity contribution in [3.8, 4) is 22.6 Å². The number of methoxy groups -OCH3 is 3. The molecule has 5 aromatic carbocycles. The molecule has 0 aliphatic carbocycles. The summed E-state index contributed by atoms with van der Waals surface area (Å²) in [5, 5.41) is 16.4. The molecule has 3 aliphatic heterocycles. The van der Waals surface area contributed by atoms with E-state index in [1.165, 1.54) is 12.1 Å². The number of aliphatic hydroxyl groups is 1. The minimum absolute atomic E-state index is 0.0919. The van der Waals surface area contributed by atoms with Crippen LogP contribution in [0.5, 0.6) is 11.5 Å². The smallest absolute Gasteiger partial charge is 0.416 e. The fourth-order valence-electron chi connectivity index (χ4n) is 9.11. The minimum atomic E-state index is -4.38. The summed E-state index contributed by atoms with van der Waals surface area (Å²) in [5.74, 6) is 2.45. The average molecular weight is 685 g/mol. The van der Waals surface area contributed by atoms with Gasteiger partial charge < -0.3 is 23.8 Å². The number of nitrogens with zero attached hydrogens (tertiary/aromatic N) is 1. The molecule has 5 nitrogen and oxygen atoms in total. The van der Waals surface area contributed by atoms with Gasteiger partial charge in [-0.1, -0.05) is 61.5 Å². The molecule has 2 bridgehead atoms. The van der Waals surface area contributed by atoms with Gasteiger partial charge in [0.15, 0.2) is 0 Å². The molecule has 8 heteroatoms. The SMILES string of the molecule is CC[C@H]1C[N+]2(Cc3ccc(C(F)(F)F)cc3)CC[C@H]1C[C@@H]2[C@H](O)c1ccc2ccc(OC)c(-c3c(OC)c(COC)cc4ccccc34)c2c1. The van der Waals surface area contributed by atoms with E-state index in [1.54, 1.807) is 33.5 Å². The van der Waals surface area contributed by atoms with Crippen LogP contribution in [-0.4, -0.2) is 50.1 Å². The lowest BCUT2D eigenvalue weighted by Crippen LogP contribution is -2.67. The quantitative estimate of drug-likeness (QED) is 0.149. The molecule has 8 rings (SSSR count). The lowest BCUT2D eigenvalue weighted by atomic mass is 9.70. The number of fused-ring (bicyclic) bond motifs is 5. The molecular weight excluding hydrogens is 639 g/mol. The predicted molar refractivity (Wildman–Crippen MR) is 191 cm³/mol. The molecule has 262 valence electrons. The van der Waals surface area contributed by atoms with Crippen molar-refractivity contribution >= 4 is 21.5 Å². The van der Waals surface area contributed by atoms with E-state index in [9.17, 15) is 18.3 Å². The highest BCUT2D eigenvalue weighted by Crippen LogP contribution is 2.50. The molecule has 3 saturated heterocycles. The van der Waals surface area contributed by atoms with Gasteiger partial charge in [0.05, 0.1) is 39.5 Å². The summed E-state index contributed by atoms with van der Waals surface area (Å²) in [6.45, 7) is 4.99. The molecule has 0 radical (unpaired) electrons. The Kier molecular flexibility index (Phi) is 9.31. The summed E-state index contributed by atoms with van der Waals surface area (Å²) >= 11 is 0. The fourth-order valence-corrected chi connectivity index (χ4v) is 9.11. The third kappa shape index (κ3) is 6.01. The van der Waals surface area contributed by atoms with Gasteiger partial charge in [-0.25, -0.2) is 0 Å². The van der Waals surface area contributed by atoms with Crippen LogP contribution in [0.15, 0.2) is 84.9 Å². The Labute approximate surface area is 291 Å². The molecule has 1 unspecified atom stereocenters. The first-order chi connectivity index (χ1) is 24.1. The molecule has 0 amide bonds. The van der Waals surface area contributed by atoms with Gasteiger partial charge in [-0.05, 0) is 69.8 Å². The zero-order valence-corrected chi connectivity index (χ0v) is 29.1. The highest BCUT2D eigenvalue weighted by atomic mass is 19.4. The highest BCUT2D eigenvalue weighted by Gasteiger charge is 2.54. The van der Waals surface area contributed by atoms with Gasteiger partial charge in [-0.3, -0.25) is 0 Å². The summed E-state index contributed by atoms with van der Waals surface area (Å²) in [6.07, 6.45) is -2.16. The average Bonchev–Trinajstić information content (AvgIpc) is 3.13. The summed E-state index contributed by atoms with van der Waals surface area (Å²) in [6, 6.07) is 26.0. The summed E-state index contributed by atoms with van der Waals surface area (Å²) in [7, 11) is 5.02. The standard InChI is InChI=1S/C42H45F3NO4/c1-5-27-24-46(23-26-10-15-33(16-11-26)42(43,44)45)19-18-29(27)22-36(46)40(47)31-13-12-28-14-17-37(49-3)38(35(28)21-31)39-34-9-7-6-8-30(34)20-32(25-48-2)41(39)50-4/h6-17,20-21,27,29,36,40,47H,5,18-19,22-25H2,1-4H3/q+1/t27-,29-,36+,40+,46?/m0/s1. The normalized spacial score (nSPS) is 22.6. The van der Waals surface area contributed by atoms with Crippen LogP contribution in [0.1, 0.15) is 54.5 Å². The Balaban J connectivity index is 1.35. The number of hydrogen-bond acceptors (Lipinski definition) is 4. The molecule has 0 aromatic heterocycles. The second-order valence-corrected chi connectivity index (χ2v) is 14.2. The lowest BCUT2D eigenvalue weighted by Gasteiger charge is -2.58. The van der Waals surface area contributed by atoms with Crippen LogP contribution in [0.2, 0.25) is 0 Å². The molecule has 3 heterocycles. The molecular formula is C42H45F3NO4+. The highest BCUT2D eigenvalue weighted by molar-refractivity contribution is 6.10. The number of quaternary nitrogens is 1. The van der Waals surface area contributed by atoms with Crippen molar-refractivity contribution in [2.75, 3.05) is 34.4 Å². The monoisotopic (exact) mass is 684 g/mol. The summed E-state index contributed by atoms with van der Waals surface area (Å²) in [5.41, 5.74) is 3.76. The Morgan fingerprint density at radius 2 is 1.62 bits per heavy atom. The Hall–Kier alpha value is -4.11. The number of benzene rings is 5. The van der Waals surface area contributed by atoms with Crippen LogP contribution in [0, 0.1) is 11.8 Å². The van der Waals surface area contributed by atoms with E-state index in [0.29, 0.717) is 41.0 Å². The van der Waals surface area contributed by atoms with Crippen LogP contribution in [0.25, 0.3) is 32.7 Å².